The summed E-state index contributed by atoms with van der Waals surface area (Å²) in [7, 11) is -0.698. The Hall–Kier alpha value is -1.47. The molecule has 0 atom stereocenters. The zero-order chi connectivity index (χ0) is 17.7. The summed E-state index contributed by atoms with van der Waals surface area (Å²) >= 11 is 11.8. The van der Waals surface area contributed by atoms with Crippen LogP contribution in [0, 0.1) is 0 Å². The fraction of sp³-hybridized carbons (Fsp3) is 0.250. The van der Waals surface area contributed by atoms with Crippen molar-refractivity contribution in [2.24, 2.45) is 0 Å². The van der Waals surface area contributed by atoms with Crippen molar-refractivity contribution in [2.45, 2.75) is 4.90 Å². The molecule has 0 unspecified atom stereocenters. The van der Waals surface area contributed by atoms with E-state index in [1.807, 2.05) is 0 Å². The summed E-state index contributed by atoms with van der Waals surface area (Å²) in [4.78, 5) is -0.0244. The van der Waals surface area contributed by atoms with Gasteiger partial charge in [-0.2, -0.15) is 4.31 Å². The maximum absolute atomic E-state index is 12.5. The van der Waals surface area contributed by atoms with Crippen molar-refractivity contribution < 1.29 is 17.9 Å². The van der Waals surface area contributed by atoms with Crippen LogP contribution in [0.3, 0.4) is 0 Å². The van der Waals surface area contributed by atoms with Gasteiger partial charge in [0.1, 0.15) is 23.0 Å². The molecule has 0 aliphatic heterocycles. The van der Waals surface area contributed by atoms with Gasteiger partial charge in [0.15, 0.2) is 0 Å². The minimum absolute atomic E-state index is 0.0244. The van der Waals surface area contributed by atoms with Gasteiger partial charge in [-0.1, -0.05) is 23.2 Å². The van der Waals surface area contributed by atoms with Gasteiger partial charge in [-0.05, 0) is 42.5 Å². The van der Waals surface area contributed by atoms with Gasteiger partial charge in [-0.15, -0.1) is 0 Å². The number of benzene rings is 2. The number of rotatable bonds is 7. The van der Waals surface area contributed by atoms with Crippen molar-refractivity contribution in [3.63, 3.8) is 0 Å². The van der Waals surface area contributed by atoms with Crippen molar-refractivity contribution in [2.75, 3.05) is 27.3 Å². The van der Waals surface area contributed by atoms with E-state index >= 15 is 0 Å². The fourth-order valence-corrected chi connectivity index (χ4v) is 3.81. The molecule has 5 nitrogen and oxygen atoms in total. The second-order valence-corrected chi connectivity index (χ2v) is 7.78. The molecule has 0 spiro atoms. The number of nitrogens with zero attached hydrogens (tertiary/aromatic N) is 1. The van der Waals surface area contributed by atoms with E-state index in [9.17, 15) is 8.42 Å². The quantitative estimate of drug-likeness (QED) is 0.724. The van der Waals surface area contributed by atoms with E-state index in [0.717, 1.165) is 5.75 Å². The largest absolute Gasteiger partial charge is 0.497 e. The molecule has 130 valence electrons. The number of methoxy groups -OCH3 is 1. The van der Waals surface area contributed by atoms with Gasteiger partial charge in [-0.3, -0.25) is 0 Å². The zero-order valence-corrected chi connectivity index (χ0v) is 15.5. The van der Waals surface area contributed by atoms with Crippen molar-refractivity contribution in [1.82, 2.24) is 4.31 Å². The molecule has 24 heavy (non-hydrogen) atoms. The second kappa shape index (κ2) is 8.07. The van der Waals surface area contributed by atoms with Crippen LogP contribution in [-0.4, -0.2) is 40.0 Å². The number of ether oxygens (including phenoxy) is 2. The summed E-state index contributed by atoms with van der Waals surface area (Å²) in [6.07, 6.45) is 0. The van der Waals surface area contributed by atoms with Crippen LogP contribution in [0.15, 0.2) is 47.4 Å². The highest BCUT2D eigenvalue weighted by Crippen LogP contribution is 2.27. The molecule has 0 N–H and O–H groups in total. The highest BCUT2D eigenvalue weighted by molar-refractivity contribution is 7.89. The third-order valence-electron chi connectivity index (χ3n) is 3.32. The van der Waals surface area contributed by atoms with Gasteiger partial charge in [-0.25, -0.2) is 8.42 Å². The summed E-state index contributed by atoms with van der Waals surface area (Å²) in [5.74, 6) is 1.35. The molecule has 0 saturated carbocycles. The smallest absolute Gasteiger partial charge is 0.244 e. The second-order valence-electron chi connectivity index (χ2n) is 4.93. The van der Waals surface area contributed by atoms with Gasteiger partial charge in [0.2, 0.25) is 10.0 Å². The Morgan fingerprint density at radius 1 is 1.04 bits per heavy atom. The molecular weight excluding hydrogens is 373 g/mol. The maximum Gasteiger partial charge on any atom is 0.244 e. The molecular formula is C16H17Cl2NO4S. The predicted molar refractivity (Wildman–Crippen MR) is 94.8 cm³/mol. The molecule has 0 aromatic heterocycles. The standard InChI is InChI=1S/C16H17Cl2NO4S/c1-19(9-10-23-14-6-4-13(22-2)5-7-14)24(20,21)16-11-12(17)3-8-15(16)18/h3-8,11H,9-10H2,1-2H3. The normalized spacial score (nSPS) is 11.5. The molecule has 0 fully saturated rings. The summed E-state index contributed by atoms with van der Waals surface area (Å²) < 4.78 is 36.9. The van der Waals surface area contributed by atoms with Crippen LogP contribution in [0.1, 0.15) is 0 Å². The van der Waals surface area contributed by atoms with Crippen molar-refractivity contribution in [3.8, 4) is 11.5 Å². The van der Waals surface area contributed by atoms with E-state index in [1.54, 1.807) is 31.4 Å². The monoisotopic (exact) mass is 389 g/mol. The van der Waals surface area contributed by atoms with Gasteiger partial charge >= 0.3 is 0 Å². The van der Waals surface area contributed by atoms with Crippen LogP contribution < -0.4 is 9.47 Å². The highest BCUT2D eigenvalue weighted by Gasteiger charge is 2.23. The number of likely N-dealkylation sites (N-methyl/N-ethyl adjacent to an activating group) is 1. The zero-order valence-electron chi connectivity index (χ0n) is 13.2. The first-order valence-corrected chi connectivity index (χ1v) is 9.22. The summed E-state index contributed by atoms with van der Waals surface area (Å²) in [5, 5.41) is 0.434. The van der Waals surface area contributed by atoms with E-state index in [2.05, 4.69) is 0 Å². The van der Waals surface area contributed by atoms with E-state index in [1.165, 1.54) is 29.6 Å². The van der Waals surface area contributed by atoms with E-state index in [4.69, 9.17) is 32.7 Å². The first-order valence-electron chi connectivity index (χ1n) is 7.03. The van der Waals surface area contributed by atoms with Gasteiger partial charge in [0.25, 0.3) is 0 Å². The average molecular weight is 390 g/mol. The molecule has 2 aromatic carbocycles. The molecule has 0 radical (unpaired) electrons. The predicted octanol–water partition coefficient (Wildman–Crippen LogP) is 3.70. The number of hydrogen-bond donors (Lipinski definition) is 0. The lowest BCUT2D eigenvalue weighted by atomic mass is 10.3. The third kappa shape index (κ3) is 4.54. The van der Waals surface area contributed by atoms with Crippen molar-refractivity contribution in [1.29, 1.82) is 0 Å². The Bertz CT molecular complexity index is 794. The molecule has 2 rings (SSSR count). The van der Waals surface area contributed by atoms with E-state index < -0.39 is 10.0 Å². The lowest BCUT2D eigenvalue weighted by Gasteiger charge is -2.18. The van der Waals surface area contributed by atoms with Crippen LogP contribution in [0.2, 0.25) is 10.0 Å². The first-order chi connectivity index (χ1) is 11.3. The molecule has 2 aromatic rings. The summed E-state index contributed by atoms with van der Waals surface area (Å²) in [6.45, 7) is 0.359. The van der Waals surface area contributed by atoms with Crippen LogP contribution >= 0.6 is 23.2 Å². The molecule has 0 saturated heterocycles. The van der Waals surface area contributed by atoms with Gasteiger partial charge in [0, 0.05) is 18.6 Å². The van der Waals surface area contributed by atoms with Crippen molar-refractivity contribution in [3.05, 3.63) is 52.5 Å². The molecule has 0 heterocycles. The third-order valence-corrected chi connectivity index (χ3v) is 5.89. The Kier molecular flexibility index (Phi) is 6.34. The SMILES string of the molecule is COc1ccc(OCCN(C)S(=O)(=O)c2cc(Cl)ccc2Cl)cc1. The molecule has 0 aliphatic carbocycles. The Morgan fingerprint density at radius 3 is 2.29 bits per heavy atom. The van der Waals surface area contributed by atoms with E-state index in [-0.39, 0.29) is 23.1 Å². The Morgan fingerprint density at radius 2 is 1.67 bits per heavy atom. The lowest BCUT2D eigenvalue weighted by Crippen LogP contribution is -2.31. The molecule has 0 amide bonds. The number of sulfonamides is 1. The minimum Gasteiger partial charge on any atom is -0.497 e. The van der Waals surface area contributed by atoms with Gasteiger partial charge in [0.05, 0.1) is 12.1 Å². The lowest BCUT2D eigenvalue weighted by molar-refractivity contribution is 0.286. The van der Waals surface area contributed by atoms with Crippen LogP contribution in [0.5, 0.6) is 11.5 Å². The Balaban J connectivity index is 2.00. The van der Waals surface area contributed by atoms with Gasteiger partial charge < -0.3 is 9.47 Å². The molecule has 0 bridgehead atoms. The maximum atomic E-state index is 12.5. The fourth-order valence-electron chi connectivity index (χ4n) is 1.93. The summed E-state index contributed by atoms with van der Waals surface area (Å²) in [6, 6.07) is 11.4. The molecule has 8 heteroatoms. The topological polar surface area (TPSA) is 55.8 Å². The average Bonchev–Trinajstić information content (AvgIpc) is 2.57. The molecule has 0 aliphatic rings. The Labute approximate surface area is 151 Å². The number of halogens is 2. The summed E-state index contributed by atoms with van der Waals surface area (Å²) in [5.41, 5.74) is 0. The van der Waals surface area contributed by atoms with Crippen LogP contribution in [0.25, 0.3) is 0 Å². The van der Waals surface area contributed by atoms with Crippen LogP contribution in [0.4, 0.5) is 0 Å². The van der Waals surface area contributed by atoms with E-state index in [0.29, 0.717) is 10.8 Å². The van der Waals surface area contributed by atoms with Crippen molar-refractivity contribution >= 4 is 33.2 Å². The number of hydrogen-bond acceptors (Lipinski definition) is 4. The highest BCUT2D eigenvalue weighted by atomic mass is 35.5. The minimum atomic E-state index is -3.74. The van der Waals surface area contributed by atoms with Crippen LogP contribution in [-0.2, 0) is 10.0 Å². The first kappa shape index (κ1) is 18.9.